The van der Waals surface area contributed by atoms with Crippen molar-refractivity contribution < 1.29 is 23.8 Å². The number of anilines is 1. The van der Waals surface area contributed by atoms with Crippen LogP contribution in [0, 0.1) is 11.7 Å². The van der Waals surface area contributed by atoms with E-state index in [1.807, 2.05) is 26.0 Å². The van der Waals surface area contributed by atoms with Gasteiger partial charge in [-0.05, 0) is 49.7 Å². The molecule has 182 valence electrons. The Morgan fingerprint density at radius 1 is 1.41 bits per heavy atom. The van der Waals surface area contributed by atoms with Crippen molar-refractivity contribution in [2.24, 2.45) is 5.92 Å². The van der Waals surface area contributed by atoms with Crippen molar-refractivity contribution in [2.45, 2.75) is 32.9 Å². The molecule has 0 fully saturated rings. The van der Waals surface area contributed by atoms with Gasteiger partial charge in [-0.2, -0.15) is 0 Å². The second-order valence-corrected chi connectivity index (χ2v) is 8.56. The first kappa shape index (κ1) is 25.2. The molecule has 3 amide bonds. The lowest BCUT2D eigenvalue weighted by Crippen LogP contribution is -2.50. The van der Waals surface area contributed by atoms with Crippen molar-refractivity contribution in [1.29, 1.82) is 0 Å². The van der Waals surface area contributed by atoms with E-state index in [-0.39, 0.29) is 42.7 Å². The van der Waals surface area contributed by atoms with Gasteiger partial charge in [0, 0.05) is 31.4 Å². The van der Waals surface area contributed by atoms with Gasteiger partial charge in [0.1, 0.15) is 17.5 Å². The molecule has 2 N–H and O–H groups in total. The molecule has 2 aromatic rings. The molecule has 2 heterocycles. The summed E-state index contributed by atoms with van der Waals surface area (Å²) in [4.78, 5) is 33.5. The van der Waals surface area contributed by atoms with E-state index in [2.05, 4.69) is 10.3 Å². The molecular formula is C25H31FN4O4. The van der Waals surface area contributed by atoms with E-state index in [0.717, 1.165) is 5.56 Å². The molecule has 1 aliphatic heterocycles. The molecule has 9 heteroatoms. The molecule has 0 radical (unpaired) electrons. The van der Waals surface area contributed by atoms with Gasteiger partial charge in [0.25, 0.3) is 5.91 Å². The summed E-state index contributed by atoms with van der Waals surface area (Å²) in [5.74, 6) is -0.618. The Labute approximate surface area is 199 Å². The van der Waals surface area contributed by atoms with E-state index in [1.54, 1.807) is 31.1 Å². The fourth-order valence-corrected chi connectivity index (χ4v) is 3.72. The summed E-state index contributed by atoms with van der Waals surface area (Å²) in [6.45, 7) is 5.97. The molecule has 0 spiro atoms. The number of carbonyl (C=O) groups is 2. The Morgan fingerprint density at radius 3 is 2.76 bits per heavy atom. The largest absolute Gasteiger partial charge is 0.472 e. The molecule has 0 saturated heterocycles. The number of ether oxygens (including phenoxy) is 1. The molecule has 1 aromatic carbocycles. The van der Waals surface area contributed by atoms with E-state index in [1.165, 1.54) is 29.2 Å². The van der Waals surface area contributed by atoms with Gasteiger partial charge in [-0.25, -0.2) is 14.2 Å². The number of carbonyl (C=O) groups excluding carboxylic acids is 2. The number of nitrogens with zero attached hydrogens (tertiary/aromatic N) is 3. The average molecular weight is 471 g/mol. The zero-order chi connectivity index (χ0) is 24.8. The number of aromatic nitrogens is 1. The number of pyridine rings is 1. The van der Waals surface area contributed by atoms with Crippen LogP contribution in [0.25, 0.3) is 6.08 Å². The molecular weight excluding hydrogens is 439 g/mol. The van der Waals surface area contributed by atoms with Crippen molar-refractivity contribution in [3.8, 4) is 5.88 Å². The van der Waals surface area contributed by atoms with Crippen LogP contribution in [0.5, 0.6) is 5.88 Å². The third kappa shape index (κ3) is 5.91. The molecule has 0 bridgehead atoms. The Kier molecular flexibility index (Phi) is 8.22. The number of aliphatic hydroxyl groups is 1. The zero-order valence-corrected chi connectivity index (χ0v) is 19.9. The number of allylic oxidation sites excluding steroid dienone is 1. The van der Waals surface area contributed by atoms with Crippen molar-refractivity contribution >= 4 is 23.7 Å². The fourth-order valence-electron chi connectivity index (χ4n) is 3.72. The first-order chi connectivity index (χ1) is 16.2. The van der Waals surface area contributed by atoms with Crippen molar-refractivity contribution in [3.63, 3.8) is 0 Å². The number of likely N-dealkylation sites (N-methyl/N-ethyl adjacent to an activating group) is 1. The summed E-state index contributed by atoms with van der Waals surface area (Å²) in [6, 6.07) is 6.46. The number of nitrogens with one attached hydrogen (secondary N) is 1. The SMILES string of the molecule is C/C=C/c1cnc2c(c1)C(=O)N([C@H](C)CO)C[C@@H](C)[C@H](CN(C)C(=O)Nc1ccc(F)cc1)O2. The maximum atomic E-state index is 13.3. The first-order valence-electron chi connectivity index (χ1n) is 11.2. The van der Waals surface area contributed by atoms with Crippen LogP contribution in [0.1, 0.15) is 36.7 Å². The fraction of sp³-hybridized carbons (Fsp3) is 0.400. The van der Waals surface area contributed by atoms with Crippen molar-refractivity contribution in [2.75, 3.05) is 32.1 Å². The van der Waals surface area contributed by atoms with Gasteiger partial charge in [-0.3, -0.25) is 4.79 Å². The lowest BCUT2D eigenvalue weighted by atomic mass is 10.00. The van der Waals surface area contributed by atoms with E-state index >= 15 is 0 Å². The van der Waals surface area contributed by atoms with Crippen LogP contribution < -0.4 is 10.1 Å². The normalized spacial score (nSPS) is 19.1. The smallest absolute Gasteiger partial charge is 0.321 e. The number of fused-ring (bicyclic) bond motifs is 1. The summed E-state index contributed by atoms with van der Waals surface area (Å²) >= 11 is 0. The van der Waals surface area contributed by atoms with Gasteiger partial charge >= 0.3 is 6.03 Å². The van der Waals surface area contributed by atoms with Crippen LogP contribution in [0.2, 0.25) is 0 Å². The molecule has 0 aliphatic carbocycles. The van der Waals surface area contributed by atoms with Gasteiger partial charge in [-0.1, -0.05) is 19.1 Å². The Bertz CT molecular complexity index is 1040. The zero-order valence-electron chi connectivity index (χ0n) is 19.9. The average Bonchev–Trinajstić information content (AvgIpc) is 2.82. The van der Waals surface area contributed by atoms with Crippen LogP contribution in [-0.2, 0) is 0 Å². The Morgan fingerprint density at radius 2 is 2.12 bits per heavy atom. The highest BCUT2D eigenvalue weighted by molar-refractivity contribution is 5.97. The quantitative estimate of drug-likeness (QED) is 0.672. The van der Waals surface area contributed by atoms with Crippen LogP contribution in [0.4, 0.5) is 14.9 Å². The third-order valence-corrected chi connectivity index (χ3v) is 5.80. The molecule has 34 heavy (non-hydrogen) atoms. The second kappa shape index (κ2) is 11.1. The number of hydrogen-bond acceptors (Lipinski definition) is 5. The predicted octanol–water partition coefficient (Wildman–Crippen LogP) is 3.64. The predicted molar refractivity (Wildman–Crippen MR) is 128 cm³/mol. The summed E-state index contributed by atoms with van der Waals surface area (Å²) in [7, 11) is 1.64. The third-order valence-electron chi connectivity index (χ3n) is 5.80. The number of halogens is 1. The summed E-state index contributed by atoms with van der Waals surface area (Å²) in [5, 5.41) is 12.5. The lowest BCUT2D eigenvalue weighted by Gasteiger charge is -2.37. The van der Waals surface area contributed by atoms with Crippen LogP contribution in [0.3, 0.4) is 0 Å². The van der Waals surface area contributed by atoms with Crippen molar-refractivity contribution in [1.82, 2.24) is 14.8 Å². The van der Waals surface area contributed by atoms with Gasteiger partial charge in [0.15, 0.2) is 0 Å². The van der Waals surface area contributed by atoms with Crippen LogP contribution in [0.15, 0.2) is 42.6 Å². The second-order valence-electron chi connectivity index (χ2n) is 8.56. The molecule has 3 rings (SSSR count). The maximum absolute atomic E-state index is 13.3. The Hall–Kier alpha value is -3.46. The standard InChI is InChI=1S/C25H31FN4O4/c1-5-6-18-11-21-23(27-12-18)34-22(16(2)13-30(24(21)32)17(3)15-31)14-29(4)25(33)28-20-9-7-19(26)8-10-20/h5-12,16-17,22,31H,13-15H2,1-4H3,(H,28,33)/b6-5+/t16-,17-,22+/m1/s1. The molecule has 0 saturated carbocycles. The highest BCUT2D eigenvalue weighted by Crippen LogP contribution is 2.27. The molecule has 1 aliphatic rings. The number of amides is 3. The van der Waals surface area contributed by atoms with Gasteiger partial charge in [0.2, 0.25) is 5.88 Å². The number of hydrogen-bond donors (Lipinski definition) is 2. The molecule has 8 nitrogen and oxygen atoms in total. The highest BCUT2D eigenvalue weighted by Gasteiger charge is 2.34. The van der Waals surface area contributed by atoms with Crippen molar-refractivity contribution in [3.05, 3.63) is 59.5 Å². The summed E-state index contributed by atoms with van der Waals surface area (Å²) in [5.41, 5.74) is 1.55. The number of urea groups is 1. The van der Waals surface area contributed by atoms with Crippen LogP contribution in [-0.4, -0.2) is 70.7 Å². The maximum Gasteiger partial charge on any atom is 0.321 e. The van der Waals surface area contributed by atoms with Crippen LogP contribution >= 0.6 is 0 Å². The van der Waals surface area contributed by atoms with E-state index in [9.17, 15) is 19.1 Å². The summed E-state index contributed by atoms with van der Waals surface area (Å²) < 4.78 is 19.3. The highest BCUT2D eigenvalue weighted by atomic mass is 19.1. The molecule has 0 unspecified atom stereocenters. The topological polar surface area (TPSA) is 95.0 Å². The first-order valence-corrected chi connectivity index (χ1v) is 11.2. The number of benzene rings is 1. The minimum absolute atomic E-state index is 0.163. The summed E-state index contributed by atoms with van der Waals surface area (Å²) in [6.07, 6.45) is 4.85. The van der Waals surface area contributed by atoms with Gasteiger partial charge in [0.05, 0.1) is 19.2 Å². The van der Waals surface area contributed by atoms with E-state index < -0.39 is 12.1 Å². The number of rotatable bonds is 6. The molecule has 1 aromatic heterocycles. The minimum atomic E-state index is -0.468. The monoisotopic (exact) mass is 470 g/mol. The van der Waals surface area contributed by atoms with E-state index in [0.29, 0.717) is 17.8 Å². The van der Waals surface area contributed by atoms with Gasteiger partial charge < -0.3 is 25.0 Å². The number of aliphatic hydroxyl groups excluding tert-OH is 1. The van der Waals surface area contributed by atoms with Gasteiger partial charge in [-0.15, -0.1) is 0 Å². The lowest BCUT2D eigenvalue weighted by molar-refractivity contribution is 0.0356. The Balaban J connectivity index is 1.85. The minimum Gasteiger partial charge on any atom is -0.472 e. The van der Waals surface area contributed by atoms with E-state index in [4.69, 9.17) is 4.74 Å². The molecule has 3 atom stereocenters.